The van der Waals surface area contributed by atoms with Gasteiger partial charge in [-0.05, 0) is 24.6 Å². The molecule has 5 heteroatoms. The summed E-state index contributed by atoms with van der Waals surface area (Å²) in [7, 11) is 3.99. The van der Waals surface area contributed by atoms with E-state index >= 15 is 0 Å². The largest absolute Gasteiger partial charge is 0.377 e. The lowest BCUT2D eigenvalue weighted by Gasteiger charge is -2.22. The van der Waals surface area contributed by atoms with E-state index in [4.69, 9.17) is 0 Å². The normalized spacial score (nSPS) is 11.8. The molecule has 2 aromatic rings. The summed E-state index contributed by atoms with van der Waals surface area (Å²) in [6.07, 6.45) is 0. The van der Waals surface area contributed by atoms with Gasteiger partial charge in [-0.3, -0.25) is 10.1 Å². The third-order valence-electron chi connectivity index (χ3n) is 3.36. The maximum Gasteiger partial charge on any atom is 0.269 e. The molecule has 0 fully saturated rings. The fourth-order valence-corrected chi connectivity index (χ4v) is 2.19. The van der Waals surface area contributed by atoms with Crippen LogP contribution in [0.2, 0.25) is 0 Å². The number of nitrogens with one attached hydrogen (secondary N) is 1. The van der Waals surface area contributed by atoms with E-state index in [-0.39, 0.29) is 16.7 Å². The van der Waals surface area contributed by atoms with E-state index in [1.54, 1.807) is 12.1 Å². The van der Waals surface area contributed by atoms with Crippen LogP contribution in [0.25, 0.3) is 0 Å². The number of para-hydroxylation sites is 2. The summed E-state index contributed by atoms with van der Waals surface area (Å²) in [6.45, 7) is 2.04. The Labute approximate surface area is 124 Å². The molecular weight excluding hydrogens is 266 g/mol. The zero-order chi connectivity index (χ0) is 15.4. The molecule has 0 aromatic heterocycles. The van der Waals surface area contributed by atoms with Gasteiger partial charge in [0, 0.05) is 32.3 Å². The van der Waals surface area contributed by atoms with Gasteiger partial charge >= 0.3 is 0 Å². The molecule has 0 heterocycles. The quantitative estimate of drug-likeness (QED) is 0.670. The molecule has 1 N–H and O–H groups in total. The van der Waals surface area contributed by atoms with Crippen molar-refractivity contribution in [3.63, 3.8) is 0 Å². The molecule has 0 aliphatic rings. The summed E-state index contributed by atoms with van der Waals surface area (Å²) >= 11 is 0. The van der Waals surface area contributed by atoms with Crippen LogP contribution in [0.3, 0.4) is 0 Å². The zero-order valence-corrected chi connectivity index (χ0v) is 12.4. The molecule has 110 valence electrons. The second kappa shape index (κ2) is 6.26. The van der Waals surface area contributed by atoms with Gasteiger partial charge in [-0.2, -0.15) is 0 Å². The monoisotopic (exact) mass is 285 g/mol. The van der Waals surface area contributed by atoms with Crippen LogP contribution in [0, 0.1) is 10.1 Å². The van der Waals surface area contributed by atoms with E-state index < -0.39 is 0 Å². The predicted octanol–water partition coefficient (Wildman–Crippen LogP) is 3.83. The number of hydrogen-bond donors (Lipinski definition) is 1. The molecule has 0 saturated heterocycles. The second-order valence-corrected chi connectivity index (χ2v) is 5.13. The van der Waals surface area contributed by atoms with Gasteiger partial charge in [0.1, 0.15) is 0 Å². The number of rotatable bonds is 5. The maximum atomic E-state index is 10.7. The summed E-state index contributed by atoms with van der Waals surface area (Å²) in [6, 6.07) is 14.8. The molecule has 0 amide bonds. The highest BCUT2D eigenvalue weighted by Gasteiger charge is 2.11. The summed E-state index contributed by atoms with van der Waals surface area (Å²) < 4.78 is 0. The van der Waals surface area contributed by atoms with Gasteiger partial charge in [-0.1, -0.05) is 24.3 Å². The molecule has 1 unspecified atom stereocenters. The fraction of sp³-hybridized carbons (Fsp3) is 0.250. The van der Waals surface area contributed by atoms with Crippen molar-refractivity contribution in [2.75, 3.05) is 24.3 Å². The molecule has 0 bridgehead atoms. The van der Waals surface area contributed by atoms with Crippen molar-refractivity contribution < 1.29 is 4.92 Å². The van der Waals surface area contributed by atoms with Crippen molar-refractivity contribution in [3.8, 4) is 0 Å². The van der Waals surface area contributed by atoms with E-state index in [1.807, 2.05) is 50.2 Å². The van der Waals surface area contributed by atoms with Crippen molar-refractivity contribution in [1.29, 1.82) is 0 Å². The maximum absolute atomic E-state index is 10.7. The molecule has 0 aliphatic carbocycles. The SMILES string of the molecule is CC(Nc1ccccc1N(C)C)c1ccc([N+](=O)[O-])cc1. The second-order valence-electron chi connectivity index (χ2n) is 5.13. The van der Waals surface area contributed by atoms with Gasteiger partial charge in [-0.15, -0.1) is 0 Å². The number of nitro groups is 1. The Hall–Kier alpha value is -2.56. The minimum atomic E-state index is -0.386. The highest BCUT2D eigenvalue weighted by Crippen LogP contribution is 2.28. The van der Waals surface area contributed by atoms with Gasteiger partial charge in [-0.25, -0.2) is 0 Å². The minimum absolute atomic E-state index is 0.0619. The number of hydrogen-bond acceptors (Lipinski definition) is 4. The van der Waals surface area contributed by atoms with Crippen LogP contribution in [0.15, 0.2) is 48.5 Å². The molecule has 5 nitrogen and oxygen atoms in total. The van der Waals surface area contributed by atoms with E-state index in [2.05, 4.69) is 5.32 Å². The van der Waals surface area contributed by atoms with Crippen LogP contribution in [0.5, 0.6) is 0 Å². The van der Waals surface area contributed by atoms with Crippen molar-refractivity contribution in [3.05, 3.63) is 64.2 Å². The van der Waals surface area contributed by atoms with Gasteiger partial charge in [0.15, 0.2) is 0 Å². The van der Waals surface area contributed by atoms with Gasteiger partial charge < -0.3 is 10.2 Å². The molecule has 1 atom stereocenters. The van der Waals surface area contributed by atoms with Crippen LogP contribution < -0.4 is 10.2 Å². The van der Waals surface area contributed by atoms with Crippen LogP contribution in [0.1, 0.15) is 18.5 Å². The van der Waals surface area contributed by atoms with Crippen molar-refractivity contribution >= 4 is 17.1 Å². The topological polar surface area (TPSA) is 58.4 Å². The minimum Gasteiger partial charge on any atom is -0.377 e. The molecule has 0 spiro atoms. The molecular formula is C16H19N3O2. The van der Waals surface area contributed by atoms with E-state index in [0.29, 0.717) is 0 Å². The third kappa shape index (κ3) is 3.51. The van der Waals surface area contributed by atoms with Crippen LogP contribution in [0.4, 0.5) is 17.1 Å². The molecule has 2 rings (SSSR count). The highest BCUT2D eigenvalue weighted by atomic mass is 16.6. The average molecular weight is 285 g/mol. The Morgan fingerprint density at radius 2 is 1.71 bits per heavy atom. The van der Waals surface area contributed by atoms with E-state index in [0.717, 1.165) is 16.9 Å². The first kappa shape index (κ1) is 14.8. The van der Waals surface area contributed by atoms with E-state index in [1.165, 1.54) is 12.1 Å². The highest BCUT2D eigenvalue weighted by molar-refractivity contribution is 5.69. The van der Waals surface area contributed by atoms with E-state index in [9.17, 15) is 10.1 Å². The smallest absolute Gasteiger partial charge is 0.269 e. The molecule has 21 heavy (non-hydrogen) atoms. The first-order chi connectivity index (χ1) is 9.99. The van der Waals surface area contributed by atoms with Gasteiger partial charge in [0.25, 0.3) is 5.69 Å². The summed E-state index contributed by atoms with van der Waals surface area (Å²) in [4.78, 5) is 12.3. The molecule has 0 radical (unpaired) electrons. The fourth-order valence-electron chi connectivity index (χ4n) is 2.19. The zero-order valence-electron chi connectivity index (χ0n) is 12.4. The predicted molar refractivity (Wildman–Crippen MR) is 85.9 cm³/mol. The molecule has 0 aliphatic heterocycles. The third-order valence-corrected chi connectivity index (χ3v) is 3.36. The number of nitro benzene ring substituents is 1. The Bertz CT molecular complexity index is 624. The summed E-state index contributed by atoms with van der Waals surface area (Å²) in [5.41, 5.74) is 3.26. The number of nitrogens with zero attached hydrogens (tertiary/aromatic N) is 2. The molecule has 2 aromatic carbocycles. The summed E-state index contributed by atoms with van der Waals surface area (Å²) in [5.74, 6) is 0. The van der Waals surface area contributed by atoms with Crippen molar-refractivity contribution in [2.45, 2.75) is 13.0 Å². The Balaban J connectivity index is 2.18. The lowest BCUT2D eigenvalue weighted by molar-refractivity contribution is -0.384. The first-order valence-corrected chi connectivity index (χ1v) is 6.76. The van der Waals surface area contributed by atoms with Crippen LogP contribution >= 0.6 is 0 Å². The summed E-state index contributed by atoms with van der Waals surface area (Å²) in [5, 5.41) is 14.1. The Kier molecular flexibility index (Phi) is 4.42. The number of benzene rings is 2. The Morgan fingerprint density at radius 1 is 1.10 bits per heavy atom. The number of anilines is 2. The van der Waals surface area contributed by atoms with Crippen LogP contribution in [-0.2, 0) is 0 Å². The van der Waals surface area contributed by atoms with Crippen LogP contribution in [-0.4, -0.2) is 19.0 Å². The van der Waals surface area contributed by atoms with Crippen molar-refractivity contribution in [2.24, 2.45) is 0 Å². The lowest BCUT2D eigenvalue weighted by Crippen LogP contribution is -2.14. The standard InChI is InChI=1S/C16H19N3O2/c1-12(13-8-10-14(11-9-13)19(20)21)17-15-6-4-5-7-16(15)18(2)3/h4-12,17H,1-3H3. The van der Waals surface area contributed by atoms with Gasteiger partial charge in [0.2, 0.25) is 0 Å². The van der Waals surface area contributed by atoms with Gasteiger partial charge in [0.05, 0.1) is 16.3 Å². The Morgan fingerprint density at radius 3 is 2.29 bits per heavy atom. The first-order valence-electron chi connectivity index (χ1n) is 6.76. The number of non-ortho nitro benzene ring substituents is 1. The average Bonchev–Trinajstić information content (AvgIpc) is 2.47. The molecule has 0 saturated carbocycles. The van der Waals surface area contributed by atoms with Crippen molar-refractivity contribution in [1.82, 2.24) is 0 Å². The lowest BCUT2D eigenvalue weighted by atomic mass is 10.1.